The van der Waals surface area contributed by atoms with Gasteiger partial charge in [0, 0.05) is 42.9 Å². The molecule has 1 fully saturated rings. The number of urea groups is 1. The zero-order chi connectivity index (χ0) is 20.5. The Labute approximate surface area is 176 Å². The number of hydrogen-bond donors (Lipinski definition) is 2. The zero-order valence-corrected chi connectivity index (χ0v) is 17.5. The molecule has 1 aliphatic rings. The molecular weight excluding hydrogens is 389 g/mol. The van der Waals surface area contributed by atoms with Crippen LogP contribution in [0.4, 0.5) is 14.9 Å². The van der Waals surface area contributed by atoms with Crippen molar-refractivity contribution < 1.29 is 13.9 Å². The molecule has 156 valence electrons. The molecule has 2 aromatic carbocycles. The summed E-state index contributed by atoms with van der Waals surface area (Å²) < 4.78 is 18.8. The number of nitrogens with one attached hydrogen (secondary N) is 2. The minimum atomic E-state index is -0.174. The van der Waals surface area contributed by atoms with E-state index in [-0.39, 0.29) is 17.9 Å². The van der Waals surface area contributed by atoms with Gasteiger partial charge in [0.2, 0.25) is 0 Å². The fourth-order valence-corrected chi connectivity index (χ4v) is 4.19. The van der Waals surface area contributed by atoms with Crippen molar-refractivity contribution in [2.24, 2.45) is 0 Å². The summed E-state index contributed by atoms with van der Waals surface area (Å²) in [5.74, 6) is 2.04. The van der Waals surface area contributed by atoms with E-state index >= 15 is 0 Å². The fourth-order valence-electron chi connectivity index (χ4n) is 3.35. The summed E-state index contributed by atoms with van der Waals surface area (Å²) in [6.45, 7) is 2.39. The quantitative estimate of drug-likeness (QED) is 0.637. The van der Waals surface area contributed by atoms with Gasteiger partial charge in [-0.1, -0.05) is 18.2 Å². The molecule has 0 atom stereocenters. The second-order valence-electron chi connectivity index (χ2n) is 7.00. The van der Waals surface area contributed by atoms with E-state index < -0.39 is 0 Å². The van der Waals surface area contributed by atoms with Crippen molar-refractivity contribution in [2.75, 3.05) is 37.4 Å². The molecule has 1 heterocycles. The highest BCUT2D eigenvalue weighted by Gasteiger charge is 2.20. The van der Waals surface area contributed by atoms with Gasteiger partial charge in [-0.3, -0.25) is 0 Å². The van der Waals surface area contributed by atoms with Crippen LogP contribution in [-0.2, 0) is 5.75 Å². The number of thioether (sulfide) groups is 1. The molecule has 0 aromatic heterocycles. The Kier molecular flexibility index (Phi) is 8.04. The lowest BCUT2D eigenvalue weighted by molar-refractivity contribution is 0.235. The third-order valence-corrected chi connectivity index (χ3v) is 6.02. The number of rotatable bonds is 8. The van der Waals surface area contributed by atoms with Gasteiger partial charge in [-0.15, -0.1) is 0 Å². The molecule has 2 N–H and O–H groups in total. The zero-order valence-electron chi connectivity index (χ0n) is 16.7. The van der Waals surface area contributed by atoms with Crippen LogP contribution >= 0.6 is 11.8 Å². The predicted octanol–water partition coefficient (Wildman–Crippen LogP) is 4.04. The van der Waals surface area contributed by atoms with Gasteiger partial charge in [-0.25, -0.2) is 9.18 Å². The molecule has 1 aliphatic heterocycles. The van der Waals surface area contributed by atoms with Gasteiger partial charge >= 0.3 is 6.03 Å². The first-order valence-corrected chi connectivity index (χ1v) is 11.1. The van der Waals surface area contributed by atoms with Crippen LogP contribution in [0.3, 0.4) is 0 Å². The maximum absolute atomic E-state index is 13.6. The highest BCUT2D eigenvalue weighted by atomic mass is 32.2. The third-order valence-electron chi connectivity index (χ3n) is 5.02. The summed E-state index contributed by atoms with van der Waals surface area (Å²) in [5, 5.41) is 5.96. The molecular formula is C22H28FN3O2S. The van der Waals surface area contributed by atoms with Crippen LogP contribution in [0.25, 0.3) is 0 Å². The highest BCUT2D eigenvalue weighted by Crippen LogP contribution is 2.22. The average Bonchev–Trinajstić information content (AvgIpc) is 2.75. The average molecular weight is 418 g/mol. The molecule has 0 spiro atoms. The number of nitrogens with zero attached hydrogens (tertiary/aromatic N) is 1. The number of hydrogen-bond acceptors (Lipinski definition) is 4. The Balaban J connectivity index is 1.30. The van der Waals surface area contributed by atoms with E-state index in [0.717, 1.165) is 37.4 Å². The molecule has 0 aliphatic carbocycles. The first-order chi connectivity index (χ1) is 14.2. The number of carbonyl (C=O) groups excluding carboxylic acids is 1. The SMILES string of the molecule is COc1ccc(N2CCC(NC(=O)NCCSCc3ccccc3F)CC2)cc1. The van der Waals surface area contributed by atoms with Crippen molar-refractivity contribution in [3.8, 4) is 5.75 Å². The monoisotopic (exact) mass is 417 g/mol. The minimum absolute atomic E-state index is 0.126. The van der Waals surface area contributed by atoms with Gasteiger partial charge < -0.3 is 20.3 Å². The maximum Gasteiger partial charge on any atom is 0.315 e. The molecule has 2 aromatic rings. The summed E-state index contributed by atoms with van der Waals surface area (Å²) in [5.41, 5.74) is 1.88. The van der Waals surface area contributed by atoms with E-state index in [1.165, 1.54) is 11.8 Å². The Morgan fingerprint density at radius 2 is 1.90 bits per heavy atom. The number of methoxy groups -OCH3 is 1. The van der Waals surface area contributed by atoms with Crippen LogP contribution < -0.4 is 20.3 Å². The molecule has 7 heteroatoms. The number of ether oxygens (including phenoxy) is 1. The summed E-state index contributed by atoms with van der Waals surface area (Å²) in [7, 11) is 1.67. The normalized spacial score (nSPS) is 14.5. The number of piperidine rings is 1. The number of amides is 2. The Hall–Kier alpha value is -2.41. The number of benzene rings is 2. The summed E-state index contributed by atoms with van der Waals surface area (Å²) >= 11 is 1.61. The second-order valence-corrected chi connectivity index (χ2v) is 8.11. The van der Waals surface area contributed by atoms with Crippen LogP contribution in [0, 0.1) is 5.82 Å². The van der Waals surface area contributed by atoms with Crippen LogP contribution in [0.1, 0.15) is 18.4 Å². The Morgan fingerprint density at radius 3 is 2.59 bits per heavy atom. The molecule has 0 radical (unpaired) electrons. The van der Waals surface area contributed by atoms with Crippen molar-refractivity contribution in [3.05, 3.63) is 59.9 Å². The van der Waals surface area contributed by atoms with Gasteiger partial charge in [-0.05, 0) is 48.7 Å². The minimum Gasteiger partial charge on any atom is -0.497 e. The third kappa shape index (κ3) is 6.56. The smallest absolute Gasteiger partial charge is 0.315 e. The fraction of sp³-hybridized carbons (Fsp3) is 0.409. The largest absolute Gasteiger partial charge is 0.497 e. The number of halogens is 1. The Morgan fingerprint density at radius 1 is 1.17 bits per heavy atom. The highest BCUT2D eigenvalue weighted by molar-refractivity contribution is 7.98. The van der Waals surface area contributed by atoms with Crippen LogP contribution in [0.15, 0.2) is 48.5 Å². The lowest BCUT2D eigenvalue weighted by Crippen LogP contribution is -2.48. The molecule has 2 amide bonds. The van der Waals surface area contributed by atoms with Crippen molar-refractivity contribution in [1.82, 2.24) is 10.6 Å². The summed E-state index contributed by atoms with van der Waals surface area (Å²) in [6, 6.07) is 14.9. The summed E-state index contributed by atoms with van der Waals surface area (Å²) in [4.78, 5) is 14.4. The molecule has 5 nitrogen and oxygen atoms in total. The lowest BCUT2D eigenvalue weighted by atomic mass is 10.0. The lowest BCUT2D eigenvalue weighted by Gasteiger charge is -2.34. The predicted molar refractivity (Wildman–Crippen MR) is 117 cm³/mol. The van der Waals surface area contributed by atoms with Gasteiger partial charge in [0.25, 0.3) is 0 Å². The van der Waals surface area contributed by atoms with Crippen molar-refractivity contribution in [3.63, 3.8) is 0 Å². The first-order valence-electron chi connectivity index (χ1n) is 9.90. The van der Waals surface area contributed by atoms with E-state index in [1.807, 2.05) is 18.2 Å². The Bertz CT molecular complexity index is 780. The molecule has 0 saturated carbocycles. The molecule has 29 heavy (non-hydrogen) atoms. The van der Waals surface area contributed by atoms with Crippen molar-refractivity contribution >= 4 is 23.5 Å². The van der Waals surface area contributed by atoms with E-state index in [9.17, 15) is 9.18 Å². The first kappa shape index (κ1) is 21.3. The van der Waals surface area contributed by atoms with Crippen LogP contribution in [0.5, 0.6) is 5.75 Å². The second kappa shape index (κ2) is 11.0. The van der Waals surface area contributed by atoms with Crippen LogP contribution in [0.2, 0.25) is 0 Å². The number of anilines is 1. The van der Waals surface area contributed by atoms with Crippen molar-refractivity contribution in [1.29, 1.82) is 0 Å². The van der Waals surface area contributed by atoms with E-state index in [1.54, 1.807) is 31.0 Å². The van der Waals surface area contributed by atoms with Gasteiger partial charge in [-0.2, -0.15) is 11.8 Å². The molecule has 3 rings (SSSR count). The number of carbonyl (C=O) groups is 1. The van der Waals surface area contributed by atoms with Crippen molar-refractivity contribution in [2.45, 2.75) is 24.6 Å². The van der Waals surface area contributed by atoms with Gasteiger partial charge in [0.05, 0.1) is 7.11 Å². The molecule has 0 bridgehead atoms. The van der Waals surface area contributed by atoms with Crippen LogP contribution in [-0.4, -0.2) is 44.6 Å². The molecule has 0 unspecified atom stereocenters. The standard InChI is InChI=1S/C22H28FN3O2S/c1-28-20-8-6-19(7-9-20)26-13-10-18(11-14-26)25-22(27)24-12-15-29-16-17-4-2-3-5-21(17)23/h2-9,18H,10-16H2,1H3,(H2,24,25,27). The van der Waals surface area contributed by atoms with Gasteiger partial charge in [0.1, 0.15) is 11.6 Å². The van der Waals surface area contributed by atoms with E-state index in [4.69, 9.17) is 4.74 Å². The van der Waals surface area contributed by atoms with Gasteiger partial charge in [0.15, 0.2) is 0 Å². The maximum atomic E-state index is 13.6. The van der Waals surface area contributed by atoms with E-state index in [0.29, 0.717) is 17.9 Å². The van der Waals surface area contributed by atoms with E-state index in [2.05, 4.69) is 27.7 Å². The molecule has 1 saturated heterocycles. The summed E-state index contributed by atoms with van der Waals surface area (Å²) in [6.07, 6.45) is 1.84. The topological polar surface area (TPSA) is 53.6 Å².